The lowest BCUT2D eigenvalue weighted by molar-refractivity contribution is 0.615. The average molecular weight is 358 g/mol. The lowest BCUT2D eigenvalue weighted by Gasteiger charge is -2.08. The number of fused-ring (bicyclic) bond motifs is 1. The molecule has 2 N–H and O–H groups in total. The molecule has 0 atom stereocenters. The lowest BCUT2D eigenvalue weighted by Crippen LogP contribution is -2.01. The minimum absolute atomic E-state index is 0.375. The number of anilines is 1. The van der Waals surface area contributed by atoms with E-state index in [0.717, 1.165) is 39.3 Å². The van der Waals surface area contributed by atoms with Gasteiger partial charge in [0.1, 0.15) is 6.33 Å². The molecule has 7 heteroatoms. The zero-order valence-electron chi connectivity index (χ0n) is 13.2. The molecule has 2 heterocycles. The Morgan fingerprint density at radius 1 is 1.38 bits per heavy atom. The van der Waals surface area contributed by atoms with Crippen molar-refractivity contribution in [1.29, 1.82) is 0 Å². The van der Waals surface area contributed by atoms with Gasteiger partial charge in [0.2, 0.25) is 0 Å². The fourth-order valence-corrected chi connectivity index (χ4v) is 3.49. The zero-order chi connectivity index (χ0) is 17.1. The summed E-state index contributed by atoms with van der Waals surface area (Å²) in [7, 11) is 0. The Labute approximate surface area is 149 Å². The molecule has 3 rings (SSSR count). The van der Waals surface area contributed by atoms with Gasteiger partial charge in [-0.1, -0.05) is 29.4 Å². The van der Waals surface area contributed by atoms with Gasteiger partial charge in [0.25, 0.3) is 0 Å². The van der Waals surface area contributed by atoms with E-state index in [1.54, 1.807) is 0 Å². The summed E-state index contributed by atoms with van der Waals surface area (Å²) in [4.78, 5) is 14.0. The van der Waals surface area contributed by atoms with Crippen LogP contribution in [0.5, 0.6) is 0 Å². The number of terminal acetylenes is 1. The van der Waals surface area contributed by atoms with E-state index >= 15 is 0 Å². The first kappa shape index (κ1) is 16.6. The first-order chi connectivity index (χ1) is 11.6. The second-order valence-electron chi connectivity index (χ2n) is 5.30. The van der Waals surface area contributed by atoms with E-state index in [9.17, 15) is 0 Å². The molecule has 0 amide bonds. The van der Waals surface area contributed by atoms with Crippen LogP contribution in [0.3, 0.4) is 0 Å². The van der Waals surface area contributed by atoms with Gasteiger partial charge in [-0.15, -0.1) is 12.3 Å². The van der Waals surface area contributed by atoms with E-state index in [-0.39, 0.29) is 0 Å². The van der Waals surface area contributed by atoms with Crippen molar-refractivity contribution in [2.24, 2.45) is 0 Å². The van der Waals surface area contributed by atoms with Gasteiger partial charge in [-0.05, 0) is 31.0 Å². The second-order valence-corrected chi connectivity index (χ2v) is 6.75. The highest BCUT2D eigenvalue weighted by molar-refractivity contribution is 7.99. The number of unbranched alkanes of at least 4 members (excludes halogenated alkanes) is 1. The van der Waals surface area contributed by atoms with Crippen LogP contribution in [0.1, 0.15) is 18.4 Å². The minimum atomic E-state index is 0.375. The van der Waals surface area contributed by atoms with Gasteiger partial charge in [-0.2, -0.15) is 0 Å². The highest BCUT2D eigenvalue weighted by Crippen LogP contribution is 2.33. The SMILES string of the molecule is C#CCCCn1c(Sc2ccc(C)c(Cl)c2)nc2c(N)ncnc21. The molecule has 0 saturated carbocycles. The Morgan fingerprint density at radius 2 is 2.21 bits per heavy atom. The predicted molar refractivity (Wildman–Crippen MR) is 98.1 cm³/mol. The number of imidazole rings is 1. The van der Waals surface area contributed by atoms with E-state index in [4.69, 9.17) is 23.8 Å². The first-order valence-electron chi connectivity index (χ1n) is 7.44. The predicted octanol–water partition coefficient (Wildman–Crippen LogP) is 3.93. The van der Waals surface area contributed by atoms with Gasteiger partial charge < -0.3 is 10.3 Å². The molecular formula is C17H16ClN5S. The summed E-state index contributed by atoms with van der Waals surface area (Å²) in [6.45, 7) is 2.70. The molecule has 0 radical (unpaired) electrons. The molecule has 2 aromatic heterocycles. The fraction of sp³-hybridized carbons (Fsp3) is 0.235. The summed E-state index contributed by atoms with van der Waals surface area (Å²) in [6.07, 6.45) is 8.35. The molecule has 5 nitrogen and oxygen atoms in total. The van der Waals surface area contributed by atoms with Crippen molar-refractivity contribution in [1.82, 2.24) is 19.5 Å². The van der Waals surface area contributed by atoms with E-state index in [2.05, 4.69) is 20.9 Å². The van der Waals surface area contributed by atoms with Crippen molar-refractivity contribution >= 4 is 40.3 Å². The van der Waals surface area contributed by atoms with Crippen molar-refractivity contribution in [2.45, 2.75) is 36.4 Å². The number of nitrogens with two attached hydrogens (primary N) is 1. The van der Waals surface area contributed by atoms with Crippen LogP contribution in [0, 0.1) is 19.3 Å². The van der Waals surface area contributed by atoms with Crippen LogP contribution in [0.15, 0.2) is 34.6 Å². The fourth-order valence-electron chi connectivity index (χ4n) is 2.30. The number of hydrogen-bond acceptors (Lipinski definition) is 5. The highest BCUT2D eigenvalue weighted by atomic mass is 35.5. The van der Waals surface area contributed by atoms with Gasteiger partial charge in [0.05, 0.1) is 0 Å². The molecule has 0 aliphatic heterocycles. The third-order valence-corrected chi connectivity index (χ3v) is 4.97. The molecule has 0 aliphatic rings. The molecular weight excluding hydrogens is 342 g/mol. The molecule has 1 aromatic carbocycles. The van der Waals surface area contributed by atoms with Crippen LogP contribution in [0.4, 0.5) is 5.82 Å². The Hall–Kier alpha value is -2.23. The minimum Gasteiger partial charge on any atom is -0.382 e. The van der Waals surface area contributed by atoms with Crippen LogP contribution in [0.2, 0.25) is 5.02 Å². The largest absolute Gasteiger partial charge is 0.382 e. The Balaban J connectivity index is 2.01. The number of benzene rings is 1. The quantitative estimate of drug-likeness (QED) is 0.553. The van der Waals surface area contributed by atoms with Crippen molar-refractivity contribution in [3.05, 3.63) is 35.1 Å². The maximum atomic E-state index is 6.22. The Kier molecular flexibility index (Phi) is 4.93. The molecule has 0 spiro atoms. The third kappa shape index (κ3) is 3.32. The van der Waals surface area contributed by atoms with Gasteiger partial charge >= 0.3 is 0 Å². The van der Waals surface area contributed by atoms with Gasteiger partial charge in [-0.25, -0.2) is 15.0 Å². The van der Waals surface area contributed by atoms with Crippen LogP contribution >= 0.6 is 23.4 Å². The normalized spacial score (nSPS) is 10.9. The molecule has 0 saturated heterocycles. The number of halogens is 1. The van der Waals surface area contributed by atoms with Crippen LogP contribution in [0.25, 0.3) is 11.2 Å². The van der Waals surface area contributed by atoms with Gasteiger partial charge in [-0.3, -0.25) is 0 Å². The molecule has 0 aliphatic carbocycles. The number of nitrogen functional groups attached to an aromatic ring is 1. The standard InChI is InChI=1S/C17H16ClN5S/c1-3-4-5-8-23-16-14(15(19)20-10-21-16)22-17(23)24-12-7-6-11(2)13(18)9-12/h1,6-7,9-10H,4-5,8H2,2H3,(H2,19,20,21). The van der Waals surface area contributed by atoms with Crippen molar-refractivity contribution < 1.29 is 0 Å². The van der Waals surface area contributed by atoms with Crippen molar-refractivity contribution in [3.8, 4) is 12.3 Å². The van der Waals surface area contributed by atoms with E-state index in [0.29, 0.717) is 17.8 Å². The Morgan fingerprint density at radius 3 is 2.96 bits per heavy atom. The smallest absolute Gasteiger partial charge is 0.175 e. The zero-order valence-corrected chi connectivity index (χ0v) is 14.7. The number of rotatable bonds is 5. The van der Waals surface area contributed by atoms with E-state index < -0.39 is 0 Å². The molecule has 24 heavy (non-hydrogen) atoms. The van der Waals surface area contributed by atoms with Crippen molar-refractivity contribution in [2.75, 3.05) is 5.73 Å². The monoisotopic (exact) mass is 357 g/mol. The van der Waals surface area contributed by atoms with Crippen LogP contribution in [-0.2, 0) is 6.54 Å². The van der Waals surface area contributed by atoms with E-state index in [1.165, 1.54) is 18.1 Å². The summed E-state index contributed by atoms with van der Waals surface area (Å²) < 4.78 is 2.03. The first-order valence-corrected chi connectivity index (χ1v) is 8.63. The summed E-state index contributed by atoms with van der Waals surface area (Å²) in [5, 5.41) is 1.53. The lowest BCUT2D eigenvalue weighted by atomic mass is 10.2. The van der Waals surface area contributed by atoms with Crippen molar-refractivity contribution in [3.63, 3.8) is 0 Å². The van der Waals surface area contributed by atoms with Gasteiger partial charge in [0.15, 0.2) is 22.1 Å². The van der Waals surface area contributed by atoms with Crippen LogP contribution in [-0.4, -0.2) is 19.5 Å². The molecule has 122 valence electrons. The Bertz CT molecular complexity index is 929. The van der Waals surface area contributed by atoms with E-state index in [1.807, 2.05) is 29.7 Å². The summed E-state index contributed by atoms with van der Waals surface area (Å²) in [5.41, 5.74) is 8.31. The molecule has 0 fully saturated rings. The molecule has 3 aromatic rings. The summed E-state index contributed by atoms with van der Waals surface area (Å²) >= 11 is 7.74. The molecule has 0 unspecified atom stereocenters. The average Bonchev–Trinajstić information content (AvgIpc) is 2.91. The van der Waals surface area contributed by atoms with Crippen LogP contribution < -0.4 is 5.73 Å². The number of nitrogens with zero attached hydrogens (tertiary/aromatic N) is 4. The van der Waals surface area contributed by atoms with Gasteiger partial charge in [0, 0.05) is 22.9 Å². The maximum Gasteiger partial charge on any atom is 0.175 e. The highest BCUT2D eigenvalue weighted by Gasteiger charge is 2.15. The second kappa shape index (κ2) is 7.12. The maximum absolute atomic E-state index is 6.22. The third-order valence-electron chi connectivity index (χ3n) is 3.58. The number of aromatic nitrogens is 4. The molecule has 0 bridgehead atoms. The topological polar surface area (TPSA) is 69.6 Å². The number of hydrogen-bond donors (Lipinski definition) is 1. The number of aryl methyl sites for hydroxylation is 2. The summed E-state index contributed by atoms with van der Waals surface area (Å²) in [5.74, 6) is 3.03. The summed E-state index contributed by atoms with van der Waals surface area (Å²) in [6, 6.07) is 5.94.